The molecule has 21 heavy (non-hydrogen) atoms. The Labute approximate surface area is 124 Å². The van der Waals surface area contributed by atoms with Gasteiger partial charge in [-0.3, -0.25) is 14.9 Å². The number of hydrogen-bond acceptors (Lipinski definition) is 5. The van der Waals surface area contributed by atoms with E-state index in [4.69, 9.17) is 0 Å². The molecule has 1 aliphatic rings. The van der Waals surface area contributed by atoms with Crippen LogP contribution in [0.2, 0.25) is 0 Å². The van der Waals surface area contributed by atoms with Gasteiger partial charge in [0.1, 0.15) is 0 Å². The van der Waals surface area contributed by atoms with Crippen LogP contribution in [0, 0.1) is 0 Å². The molecule has 0 spiro atoms. The lowest BCUT2D eigenvalue weighted by Crippen LogP contribution is -2.23. The minimum absolute atomic E-state index is 0.0298. The first-order valence-electron chi connectivity index (χ1n) is 6.51. The molecule has 4 rings (SSSR count). The molecule has 1 atom stereocenters. The zero-order chi connectivity index (χ0) is 14.2. The minimum Gasteiger partial charge on any atom is -0.309 e. The molecule has 1 aliphatic heterocycles. The Morgan fingerprint density at radius 2 is 2.29 bits per heavy atom. The summed E-state index contributed by atoms with van der Waals surface area (Å²) < 4.78 is 4.15. The topological polar surface area (TPSA) is 83.6 Å². The number of pyridine rings is 1. The third-order valence-corrected chi connectivity index (χ3v) is 4.18. The molecule has 3 aromatic heterocycles. The van der Waals surface area contributed by atoms with Crippen LogP contribution in [0.25, 0.3) is 11.4 Å². The van der Waals surface area contributed by atoms with Gasteiger partial charge < -0.3 is 5.32 Å². The summed E-state index contributed by atoms with van der Waals surface area (Å²) in [4.78, 5) is 16.2. The highest BCUT2D eigenvalue weighted by Gasteiger charge is 2.32. The van der Waals surface area contributed by atoms with E-state index in [1.54, 1.807) is 6.20 Å². The first kappa shape index (κ1) is 12.2. The van der Waals surface area contributed by atoms with Crippen molar-refractivity contribution in [2.75, 3.05) is 5.32 Å². The zero-order valence-corrected chi connectivity index (χ0v) is 11.7. The number of rotatable bonds is 2. The predicted octanol–water partition coefficient (Wildman–Crippen LogP) is 2.40. The molecule has 6 nitrogen and oxygen atoms in total. The van der Waals surface area contributed by atoms with Crippen LogP contribution in [0.1, 0.15) is 23.5 Å². The van der Waals surface area contributed by atoms with Crippen LogP contribution in [0.4, 0.5) is 5.82 Å². The predicted molar refractivity (Wildman–Crippen MR) is 79.0 cm³/mol. The SMILES string of the molecule is O=C1CC(c2cnsc2)c2c(n[nH]c2-c2ccccn2)N1. The standard InChI is InChI=1S/C14H11N5OS/c20-11-5-9(8-6-16-21-7-8)12-13(18-19-14(12)17-11)10-3-1-2-4-15-10/h1-4,6-7,9H,5H2,(H2,17,18,19,20). The maximum Gasteiger partial charge on any atom is 0.226 e. The van der Waals surface area contributed by atoms with E-state index in [0.29, 0.717) is 12.2 Å². The number of aromatic amines is 1. The molecule has 104 valence electrons. The van der Waals surface area contributed by atoms with E-state index in [1.807, 2.05) is 29.8 Å². The molecule has 1 unspecified atom stereocenters. The monoisotopic (exact) mass is 297 g/mol. The summed E-state index contributed by atoms with van der Waals surface area (Å²) in [5, 5.41) is 12.0. The van der Waals surface area contributed by atoms with Crippen LogP contribution < -0.4 is 5.32 Å². The number of amides is 1. The molecule has 0 bridgehead atoms. The first-order valence-corrected chi connectivity index (χ1v) is 7.35. The number of carbonyl (C=O) groups is 1. The van der Waals surface area contributed by atoms with E-state index >= 15 is 0 Å². The van der Waals surface area contributed by atoms with Gasteiger partial charge in [0.2, 0.25) is 5.91 Å². The number of carbonyl (C=O) groups excluding carboxylic acids is 1. The Bertz CT molecular complexity index is 781. The number of fused-ring (bicyclic) bond motifs is 1. The van der Waals surface area contributed by atoms with Crippen LogP contribution in [0.5, 0.6) is 0 Å². The van der Waals surface area contributed by atoms with Gasteiger partial charge in [0.05, 0.1) is 11.4 Å². The van der Waals surface area contributed by atoms with Gasteiger partial charge >= 0.3 is 0 Å². The molecule has 0 saturated heterocycles. The smallest absolute Gasteiger partial charge is 0.226 e. The summed E-state index contributed by atoms with van der Waals surface area (Å²) in [6.07, 6.45) is 3.95. The number of H-pyrrole nitrogens is 1. The molecule has 4 heterocycles. The second-order valence-corrected chi connectivity index (χ2v) is 5.50. The largest absolute Gasteiger partial charge is 0.309 e. The van der Waals surface area contributed by atoms with Crippen molar-refractivity contribution in [2.45, 2.75) is 12.3 Å². The van der Waals surface area contributed by atoms with Crippen LogP contribution in [0.15, 0.2) is 36.0 Å². The lowest BCUT2D eigenvalue weighted by Gasteiger charge is -2.21. The van der Waals surface area contributed by atoms with E-state index < -0.39 is 0 Å². The van der Waals surface area contributed by atoms with Gasteiger partial charge in [0, 0.05) is 35.7 Å². The Balaban J connectivity index is 1.89. The van der Waals surface area contributed by atoms with Crippen LogP contribution in [0.3, 0.4) is 0 Å². The highest BCUT2D eigenvalue weighted by molar-refractivity contribution is 7.03. The summed E-state index contributed by atoms with van der Waals surface area (Å²) >= 11 is 1.39. The molecule has 1 amide bonds. The normalized spacial score (nSPS) is 17.3. The van der Waals surface area contributed by atoms with Gasteiger partial charge in [-0.2, -0.15) is 5.10 Å². The van der Waals surface area contributed by atoms with Crippen molar-refractivity contribution in [2.24, 2.45) is 0 Å². The molecule has 3 aromatic rings. The Hall–Kier alpha value is -2.54. The molecule has 0 fully saturated rings. The van der Waals surface area contributed by atoms with Gasteiger partial charge in [-0.1, -0.05) is 6.07 Å². The fourth-order valence-corrected chi connectivity index (χ4v) is 3.22. The summed E-state index contributed by atoms with van der Waals surface area (Å²) in [7, 11) is 0. The third-order valence-electron chi connectivity index (χ3n) is 3.57. The Morgan fingerprint density at radius 1 is 1.33 bits per heavy atom. The van der Waals surface area contributed by atoms with Crippen molar-refractivity contribution in [1.82, 2.24) is 19.6 Å². The highest BCUT2D eigenvalue weighted by Crippen LogP contribution is 2.41. The van der Waals surface area contributed by atoms with Crippen LogP contribution >= 0.6 is 11.5 Å². The maximum atomic E-state index is 11.9. The van der Waals surface area contributed by atoms with Crippen molar-refractivity contribution in [3.8, 4) is 11.4 Å². The molecule has 0 saturated carbocycles. The molecule has 7 heteroatoms. The van der Waals surface area contributed by atoms with Crippen LogP contribution in [-0.4, -0.2) is 25.5 Å². The molecule has 0 aromatic carbocycles. The van der Waals surface area contributed by atoms with Gasteiger partial charge in [-0.25, -0.2) is 4.37 Å². The summed E-state index contributed by atoms with van der Waals surface area (Å²) in [6.45, 7) is 0. The van der Waals surface area contributed by atoms with E-state index in [2.05, 4.69) is 24.9 Å². The number of nitrogens with one attached hydrogen (secondary N) is 2. The van der Waals surface area contributed by atoms with Crippen molar-refractivity contribution in [3.05, 3.63) is 47.1 Å². The van der Waals surface area contributed by atoms with Crippen molar-refractivity contribution in [1.29, 1.82) is 0 Å². The second-order valence-electron chi connectivity index (χ2n) is 4.84. The van der Waals surface area contributed by atoms with E-state index in [0.717, 1.165) is 22.5 Å². The molecular weight excluding hydrogens is 286 g/mol. The lowest BCUT2D eigenvalue weighted by molar-refractivity contribution is -0.116. The average Bonchev–Trinajstić information content (AvgIpc) is 3.16. The van der Waals surface area contributed by atoms with Crippen molar-refractivity contribution < 1.29 is 4.79 Å². The second kappa shape index (κ2) is 4.78. The molecule has 0 radical (unpaired) electrons. The van der Waals surface area contributed by atoms with E-state index in [-0.39, 0.29) is 11.8 Å². The number of aromatic nitrogens is 4. The van der Waals surface area contributed by atoms with Crippen molar-refractivity contribution in [3.63, 3.8) is 0 Å². The van der Waals surface area contributed by atoms with Crippen LogP contribution in [-0.2, 0) is 4.79 Å². The number of anilines is 1. The molecule has 2 N–H and O–H groups in total. The number of hydrogen-bond donors (Lipinski definition) is 2. The zero-order valence-electron chi connectivity index (χ0n) is 10.9. The first-order chi connectivity index (χ1) is 10.3. The summed E-state index contributed by atoms with van der Waals surface area (Å²) in [5.41, 5.74) is 3.68. The lowest BCUT2D eigenvalue weighted by atomic mass is 9.87. The quantitative estimate of drug-likeness (QED) is 0.761. The van der Waals surface area contributed by atoms with E-state index in [1.165, 1.54) is 11.5 Å². The van der Waals surface area contributed by atoms with E-state index in [9.17, 15) is 4.79 Å². The van der Waals surface area contributed by atoms with Gasteiger partial charge in [-0.15, -0.1) is 0 Å². The fourth-order valence-electron chi connectivity index (χ4n) is 2.63. The summed E-state index contributed by atoms with van der Waals surface area (Å²) in [5.74, 6) is 0.518. The van der Waals surface area contributed by atoms with Gasteiger partial charge in [-0.05, 0) is 29.2 Å². The maximum absolute atomic E-state index is 11.9. The third kappa shape index (κ3) is 2.02. The Morgan fingerprint density at radius 3 is 3.05 bits per heavy atom. The fraction of sp³-hybridized carbons (Fsp3) is 0.143. The Kier molecular flexibility index (Phi) is 2.78. The average molecular weight is 297 g/mol. The van der Waals surface area contributed by atoms with Gasteiger partial charge in [0.15, 0.2) is 5.82 Å². The summed E-state index contributed by atoms with van der Waals surface area (Å²) in [6, 6.07) is 5.72. The molecular formula is C14H11N5OS. The molecule has 0 aliphatic carbocycles. The van der Waals surface area contributed by atoms with Gasteiger partial charge in [0.25, 0.3) is 0 Å². The number of nitrogens with zero attached hydrogens (tertiary/aromatic N) is 3. The minimum atomic E-state index is -0.0387. The highest BCUT2D eigenvalue weighted by atomic mass is 32.1. The van der Waals surface area contributed by atoms with Crippen molar-refractivity contribution >= 4 is 23.3 Å².